The van der Waals surface area contributed by atoms with Gasteiger partial charge in [0.15, 0.2) is 0 Å². The molecule has 0 bridgehead atoms. The summed E-state index contributed by atoms with van der Waals surface area (Å²) in [6.45, 7) is 6.24. The van der Waals surface area contributed by atoms with Gasteiger partial charge < -0.3 is 5.11 Å². The van der Waals surface area contributed by atoms with Crippen molar-refractivity contribution in [3.63, 3.8) is 0 Å². The lowest BCUT2D eigenvalue weighted by Crippen LogP contribution is -2.18. The maximum absolute atomic E-state index is 12.1. The minimum atomic E-state index is -0.702. The molecule has 0 aromatic heterocycles. The molecule has 0 saturated carbocycles. The summed E-state index contributed by atoms with van der Waals surface area (Å²) in [5.41, 5.74) is 3.50. The summed E-state index contributed by atoms with van der Waals surface area (Å²) in [5.74, 6) is -0.948. The van der Waals surface area contributed by atoms with Crippen molar-refractivity contribution in [2.24, 2.45) is 5.10 Å². The Morgan fingerprint density at radius 3 is 2.42 bits per heavy atom. The fourth-order valence-corrected chi connectivity index (χ4v) is 2.65. The summed E-state index contributed by atoms with van der Waals surface area (Å²) in [5, 5.41) is 24.6. The highest BCUT2D eigenvalue weighted by molar-refractivity contribution is 9.10. The van der Waals surface area contributed by atoms with Crippen LogP contribution in [0.3, 0.4) is 0 Å². The molecule has 0 aliphatic rings. The van der Waals surface area contributed by atoms with E-state index in [1.807, 2.05) is 12.1 Å². The Bertz CT molecular complexity index is 871. The number of halogens is 1. The molecule has 8 heteroatoms. The summed E-state index contributed by atoms with van der Waals surface area (Å²) in [6.07, 6.45) is 1.15. The van der Waals surface area contributed by atoms with Crippen molar-refractivity contribution in [3.05, 3.63) is 67.7 Å². The molecule has 0 atom stereocenters. The van der Waals surface area contributed by atoms with Gasteiger partial charge in [-0.2, -0.15) is 5.10 Å². The number of nitro groups is 1. The summed E-state index contributed by atoms with van der Waals surface area (Å²) in [7, 11) is 0. The third-order valence-electron chi connectivity index (χ3n) is 3.66. The van der Waals surface area contributed by atoms with Gasteiger partial charge in [0.1, 0.15) is 0 Å². The summed E-state index contributed by atoms with van der Waals surface area (Å²) in [6, 6.07) is 9.79. The lowest BCUT2D eigenvalue weighted by atomic mass is 9.87. The van der Waals surface area contributed by atoms with Gasteiger partial charge >= 0.3 is 5.69 Å². The zero-order chi connectivity index (χ0) is 19.5. The molecule has 26 heavy (non-hydrogen) atoms. The highest BCUT2D eigenvalue weighted by Gasteiger charge is 2.18. The molecule has 1 amide bonds. The predicted octanol–water partition coefficient (Wildman–Crippen LogP) is 4.12. The zero-order valence-corrected chi connectivity index (χ0v) is 16.1. The Balaban J connectivity index is 2.13. The Morgan fingerprint density at radius 1 is 1.27 bits per heavy atom. The topological polar surface area (TPSA) is 105 Å². The number of hydrazone groups is 1. The Labute approximate surface area is 159 Å². The number of hydrogen-bond acceptors (Lipinski definition) is 5. The number of amides is 1. The highest BCUT2D eigenvalue weighted by Crippen LogP contribution is 2.32. The van der Waals surface area contributed by atoms with Crippen LogP contribution in [0, 0.1) is 10.1 Å². The molecule has 2 aromatic carbocycles. The summed E-state index contributed by atoms with van der Waals surface area (Å²) >= 11 is 3.13. The van der Waals surface area contributed by atoms with Crippen LogP contribution in [0.2, 0.25) is 0 Å². The van der Waals surface area contributed by atoms with Crippen molar-refractivity contribution in [1.82, 2.24) is 5.43 Å². The van der Waals surface area contributed by atoms with E-state index in [9.17, 15) is 20.0 Å². The van der Waals surface area contributed by atoms with Crippen LogP contribution in [0.4, 0.5) is 5.69 Å². The van der Waals surface area contributed by atoms with E-state index in [1.54, 1.807) is 12.1 Å². The monoisotopic (exact) mass is 419 g/mol. The average Bonchev–Trinajstić information content (AvgIpc) is 2.56. The number of nitro benzene ring substituents is 1. The summed E-state index contributed by atoms with van der Waals surface area (Å²) in [4.78, 5) is 22.3. The number of aromatic hydroxyl groups is 1. The van der Waals surface area contributed by atoms with Crippen LogP contribution in [0.5, 0.6) is 5.75 Å². The van der Waals surface area contributed by atoms with Gasteiger partial charge in [-0.05, 0) is 29.2 Å². The second-order valence-electron chi connectivity index (χ2n) is 6.65. The first kappa shape index (κ1) is 19.6. The molecule has 2 N–H and O–H groups in total. The molecular formula is C18H18BrN3O4. The van der Waals surface area contributed by atoms with Crippen LogP contribution in [0.25, 0.3) is 0 Å². The maximum atomic E-state index is 12.1. The first-order valence-corrected chi connectivity index (χ1v) is 8.50. The SMILES string of the molecule is CC(C)(C)c1ccc(C(=O)N/N=C/c2cc(Br)cc([N+](=O)[O-])c2O)cc1. The molecule has 0 aliphatic carbocycles. The highest BCUT2D eigenvalue weighted by atomic mass is 79.9. The summed E-state index contributed by atoms with van der Waals surface area (Å²) < 4.78 is 0.410. The molecule has 0 aliphatic heterocycles. The number of carbonyl (C=O) groups excluding carboxylic acids is 1. The van der Waals surface area contributed by atoms with Crippen LogP contribution in [0.15, 0.2) is 46.0 Å². The molecule has 0 saturated heterocycles. The van der Waals surface area contributed by atoms with E-state index in [0.717, 1.165) is 11.8 Å². The van der Waals surface area contributed by atoms with Crippen molar-refractivity contribution < 1.29 is 14.8 Å². The molecule has 2 rings (SSSR count). The largest absolute Gasteiger partial charge is 0.502 e. The number of nitrogens with one attached hydrogen (secondary N) is 1. The quantitative estimate of drug-likeness (QED) is 0.441. The normalized spacial score (nSPS) is 11.5. The lowest BCUT2D eigenvalue weighted by molar-refractivity contribution is -0.385. The van der Waals surface area contributed by atoms with E-state index >= 15 is 0 Å². The van der Waals surface area contributed by atoms with Crippen molar-refractivity contribution >= 4 is 33.7 Å². The molecule has 0 heterocycles. The predicted molar refractivity (Wildman–Crippen MR) is 103 cm³/mol. The van der Waals surface area contributed by atoms with Crippen LogP contribution in [-0.4, -0.2) is 22.2 Å². The Hall–Kier alpha value is -2.74. The van der Waals surface area contributed by atoms with Gasteiger partial charge in [0.2, 0.25) is 5.75 Å². The standard InChI is InChI=1S/C18H18BrN3O4/c1-18(2,3)13-6-4-11(5-7-13)17(24)21-20-10-12-8-14(19)9-15(16(12)23)22(25)26/h4-10,23H,1-3H3,(H,21,24)/b20-10+. The Kier molecular flexibility index (Phi) is 5.76. The number of phenolic OH excluding ortho intramolecular Hbond substituents is 1. The third kappa shape index (κ3) is 4.66. The second kappa shape index (κ2) is 7.65. The maximum Gasteiger partial charge on any atom is 0.312 e. The first-order valence-electron chi connectivity index (χ1n) is 7.70. The number of benzene rings is 2. The van der Waals surface area contributed by atoms with Gasteiger partial charge in [-0.25, -0.2) is 5.43 Å². The third-order valence-corrected chi connectivity index (χ3v) is 4.12. The lowest BCUT2D eigenvalue weighted by Gasteiger charge is -2.18. The number of carbonyl (C=O) groups is 1. The zero-order valence-electron chi connectivity index (χ0n) is 14.5. The molecule has 136 valence electrons. The van der Waals surface area contributed by atoms with E-state index in [4.69, 9.17) is 0 Å². The molecule has 2 aromatic rings. The van der Waals surface area contributed by atoms with Crippen LogP contribution < -0.4 is 5.43 Å². The van der Waals surface area contributed by atoms with Crippen molar-refractivity contribution in [2.75, 3.05) is 0 Å². The van der Waals surface area contributed by atoms with Crippen molar-refractivity contribution in [3.8, 4) is 5.75 Å². The van der Waals surface area contributed by atoms with Crippen LogP contribution in [0.1, 0.15) is 42.3 Å². The number of hydrogen-bond donors (Lipinski definition) is 2. The molecule has 7 nitrogen and oxygen atoms in total. The molecule has 0 fully saturated rings. The molecular weight excluding hydrogens is 402 g/mol. The van der Waals surface area contributed by atoms with Gasteiger partial charge in [-0.1, -0.05) is 48.8 Å². The van der Waals surface area contributed by atoms with E-state index in [2.05, 4.69) is 47.2 Å². The van der Waals surface area contributed by atoms with E-state index in [0.29, 0.717) is 10.0 Å². The van der Waals surface area contributed by atoms with Gasteiger partial charge in [0, 0.05) is 21.7 Å². The van der Waals surface area contributed by atoms with Crippen molar-refractivity contribution in [2.45, 2.75) is 26.2 Å². The molecule has 0 radical (unpaired) electrons. The van der Waals surface area contributed by atoms with Gasteiger partial charge in [-0.3, -0.25) is 14.9 Å². The second-order valence-corrected chi connectivity index (χ2v) is 7.56. The van der Waals surface area contributed by atoms with Crippen LogP contribution in [-0.2, 0) is 5.41 Å². The number of phenols is 1. The minimum absolute atomic E-state index is 0.0138. The molecule has 0 spiro atoms. The fraction of sp³-hybridized carbons (Fsp3) is 0.222. The van der Waals surface area contributed by atoms with E-state index in [-0.39, 0.29) is 11.0 Å². The number of nitrogens with zero attached hydrogens (tertiary/aromatic N) is 2. The van der Waals surface area contributed by atoms with Crippen molar-refractivity contribution in [1.29, 1.82) is 0 Å². The van der Waals surface area contributed by atoms with E-state index < -0.39 is 22.3 Å². The van der Waals surface area contributed by atoms with Gasteiger partial charge in [-0.15, -0.1) is 0 Å². The van der Waals surface area contributed by atoms with Gasteiger partial charge in [0.25, 0.3) is 5.91 Å². The molecule has 0 unspecified atom stereocenters. The minimum Gasteiger partial charge on any atom is -0.502 e. The Morgan fingerprint density at radius 2 is 1.88 bits per heavy atom. The van der Waals surface area contributed by atoms with Gasteiger partial charge in [0.05, 0.1) is 11.1 Å². The van der Waals surface area contributed by atoms with Crippen LogP contribution >= 0.6 is 15.9 Å². The number of rotatable bonds is 4. The fourth-order valence-electron chi connectivity index (χ4n) is 2.19. The average molecular weight is 420 g/mol. The first-order chi connectivity index (χ1) is 12.1. The smallest absolute Gasteiger partial charge is 0.312 e. The van der Waals surface area contributed by atoms with E-state index in [1.165, 1.54) is 12.1 Å².